The van der Waals surface area contributed by atoms with E-state index in [0.29, 0.717) is 11.6 Å². The minimum Gasteiger partial charge on any atom is -0.439 e. The van der Waals surface area contributed by atoms with Gasteiger partial charge in [-0.1, -0.05) is 12.1 Å². The maximum Gasteiger partial charge on any atom is 0.332 e. The molecule has 1 aromatic carbocycles. The summed E-state index contributed by atoms with van der Waals surface area (Å²) in [6.07, 6.45) is 3.12. The summed E-state index contributed by atoms with van der Waals surface area (Å²) in [5.41, 5.74) is 7.78. The maximum atomic E-state index is 10.5. The predicted octanol–water partition coefficient (Wildman–Crippen LogP) is 2.64. The normalized spacial score (nSPS) is 10.4. The van der Waals surface area contributed by atoms with Crippen molar-refractivity contribution in [2.75, 3.05) is 0 Å². The van der Waals surface area contributed by atoms with Gasteiger partial charge in [-0.3, -0.25) is 0 Å². The van der Waals surface area contributed by atoms with Crippen molar-refractivity contribution in [1.29, 1.82) is 0 Å². The van der Waals surface area contributed by atoms with Gasteiger partial charge >= 0.3 is 6.03 Å². The van der Waals surface area contributed by atoms with E-state index >= 15 is 0 Å². The molecule has 0 atom stereocenters. The van der Waals surface area contributed by atoms with Crippen molar-refractivity contribution in [3.8, 4) is 11.6 Å². The molecule has 3 N–H and O–H groups in total. The van der Waals surface area contributed by atoms with Crippen LogP contribution in [-0.4, -0.2) is 17.2 Å². The van der Waals surface area contributed by atoms with Crippen LogP contribution < -0.4 is 15.9 Å². The molecule has 0 aliphatic carbocycles. The van der Waals surface area contributed by atoms with Crippen molar-refractivity contribution in [3.05, 3.63) is 52.6 Å². The van der Waals surface area contributed by atoms with E-state index in [0.717, 1.165) is 10.0 Å². The summed E-state index contributed by atoms with van der Waals surface area (Å²) in [6.45, 7) is 0. The summed E-state index contributed by atoms with van der Waals surface area (Å²) in [5, 5.41) is 3.67. The van der Waals surface area contributed by atoms with Crippen LogP contribution in [0.4, 0.5) is 4.79 Å². The van der Waals surface area contributed by atoms with Crippen molar-refractivity contribution in [3.63, 3.8) is 0 Å². The third-order valence-corrected chi connectivity index (χ3v) is 2.64. The molecular formula is C13H11BrN4O2. The van der Waals surface area contributed by atoms with Crippen molar-refractivity contribution in [2.24, 2.45) is 10.8 Å². The van der Waals surface area contributed by atoms with Crippen LogP contribution in [-0.2, 0) is 0 Å². The Morgan fingerprint density at radius 3 is 2.95 bits per heavy atom. The van der Waals surface area contributed by atoms with Crippen LogP contribution >= 0.6 is 15.9 Å². The highest BCUT2D eigenvalue weighted by Gasteiger charge is 1.99. The zero-order valence-electron chi connectivity index (χ0n) is 10.3. The van der Waals surface area contributed by atoms with Crippen LogP contribution in [0.15, 0.2) is 52.2 Å². The van der Waals surface area contributed by atoms with E-state index in [4.69, 9.17) is 10.5 Å². The predicted molar refractivity (Wildman–Crippen MR) is 78.8 cm³/mol. The summed E-state index contributed by atoms with van der Waals surface area (Å²) in [6, 6.07) is 10.0. The number of nitrogens with zero attached hydrogens (tertiary/aromatic N) is 2. The number of benzene rings is 1. The highest BCUT2D eigenvalue weighted by atomic mass is 79.9. The lowest BCUT2D eigenvalue weighted by Crippen LogP contribution is -2.24. The zero-order valence-corrected chi connectivity index (χ0v) is 11.9. The molecule has 102 valence electrons. The number of hydrazone groups is 1. The third-order valence-electron chi connectivity index (χ3n) is 2.17. The molecule has 1 aromatic heterocycles. The van der Waals surface area contributed by atoms with Gasteiger partial charge in [-0.2, -0.15) is 5.10 Å². The number of rotatable bonds is 4. The lowest BCUT2D eigenvalue weighted by atomic mass is 10.2. The fourth-order valence-corrected chi connectivity index (χ4v) is 1.61. The number of carbonyl (C=O) groups is 1. The van der Waals surface area contributed by atoms with E-state index in [2.05, 4.69) is 31.4 Å². The smallest absolute Gasteiger partial charge is 0.332 e. The third kappa shape index (κ3) is 4.36. The molecule has 0 saturated carbocycles. The Bertz CT molecular complexity index is 629. The SMILES string of the molecule is NC(=O)NN=Cc1cccc(Oc2ccc(Br)cn2)c1. The number of ether oxygens (including phenoxy) is 1. The number of amides is 2. The largest absolute Gasteiger partial charge is 0.439 e. The molecule has 6 nitrogen and oxygen atoms in total. The van der Waals surface area contributed by atoms with Gasteiger partial charge in [-0.25, -0.2) is 15.2 Å². The topological polar surface area (TPSA) is 89.6 Å². The molecule has 2 rings (SSSR count). The molecule has 20 heavy (non-hydrogen) atoms. The fraction of sp³-hybridized carbons (Fsp3) is 0. The van der Waals surface area contributed by atoms with Crippen LogP contribution in [0.5, 0.6) is 11.6 Å². The lowest BCUT2D eigenvalue weighted by Gasteiger charge is -2.05. The van der Waals surface area contributed by atoms with Gasteiger partial charge in [-0.05, 0) is 39.7 Å². The van der Waals surface area contributed by atoms with Gasteiger partial charge in [0.25, 0.3) is 0 Å². The monoisotopic (exact) mass is 334 g/mol. The van der Waals surface area contributed by atoms with Crippen LogP contribution in [0, 0.1) is 0 Å². The van der Waals surface area contributed by atoms with E-state index < -0.39 is 6.03 Å². The Morgan fingerprint density at radius 1 is 1.40 bits per heavy atom. The van der Waals surface area contributed by atoms with Gasteiger partial charge in [0.15, 0.2) is 0 Å². The van der Waals surface area contributed by atoms with Crippen LogP contribution in [0.25, 0.3) is 0 Å². The Morgan fingerprint density at radius 2 is 2.25 bits per heavy atom. The first-order valence-corrected chi connectivity index (χ1v) is 6.41. The number of nitrogens with two attached hydrogens (primary N) is 1. The summed E-state index contributed by atoms with van der Waals surface area (Å²) in [4.78, 5) is 14.6. The second-order valence-electron chi connectivity index (χ2n) is 3.72. The average molecular weight is 335 g/mol. The summed E-state index contributed by atoms with van der Waals surface area (Å²) in [7, 11) is 0. The summed E-state index contributed by atoms with van der Waals surface area (Å²) < 4.78 is 6.47. The van der Waals surface area contributed by atoms with Gasteiger partial charge in [-0.15, -0.1) is 0 Å². The van der Waals surface area contributed by atoms with Crippen molar-refractivity contribution in [1.82, 2.24) is 10.4 Å². The first kappa shape index (κ1) is 14.0. The molecule has 2 aromatic rings. The molecule has 0 spiro atoms. The van der Waals surface area contributed by atoms with Gasteiger partial charge < -0.3 is 10.5 Å². The van der Waals surface area contributed by atoms with Gasteiger partial charge in [0.1, 0.15) is 5.75 Å². The van der Waals surface area contributed by atoms with Crippen molar-refractivity contribution in [2.45, 2.75) is 0 Å². The Hall–Kier alpha value is -2.41. The van der Waals surface area contributed by atoms with Crippen LogP contribution in [0.1, 0.15) is 5.56 Å². The number of hydrogen-bond acceptors (Lipinski definition) is 4. The number of primary amides is 1. The number of nitrogens with one attached hydrogen (secondary N) is 1. The summed E-state index contributed by atoms with van der Waals surface area (Å²) in [5.74, 6) is 1.10. The molecular weight excluding hydrogens is 324 g/mol. The van der Waals surface area contributed by atoms with E-state index in [9.17, 15) is 4.79 Å². The molecule has 7 heteroatoms. The standard InChI is InChI=1S/C13H11BrN4O2/c14-10-4-5-12(16-8-10)20-11-3-1-2-9(6-11)7-17-18-13(15)19/h1-8H,(H3,15,18,19). The number of aromatic nitrogens is 1. The number of carbonyl (C=O) groups excluding carboxylic acids is 1. The Balaban J connectivity index is 2.07. The molecule has 0 fully saturated rings. The van der Waals surface area contributed by atoms with Crippen molar-refractivity contribution >= 4 is 28.2 Å². The fourth-order valence-electron chi connectivity index (χ4n) is 1.37. The average Bonchev–Trinajstić information content (AvgIpc) is 2.41. The van der Waals surface area contributed by atoms with Crippen LogP contribution in [0.3, 0.4) is 0 Å². The molecule has 0 aliphatic rings. The lowest BCUT2D eigenvalue weighted by molar-refractivity contribution is 0.249. The molecule has 0 unspecified atom stereocenters. The van der Waals surface area contributed by atoms with E-state index in [1.807, 2.05) is 12.1 Å². The number of hydrogen-bond donors (Lipinski definition) is 2. The molecule has 0 aliphatic heterocycles. The molecule has 2 amide bonds. The minimum absolute atomic E-state index is 0.484. The molecule has 1 heterocycles. The quantitative estimate of drug-likeness (QED) is 0.665. The Kier molecular flexibility index (Phi) is 4.67. The van der Waals surface area contributed by atoms with E-state index in [-0.39, 0.29) is 0 Å². The molecule has 0 bridgehead atoms. The molecule has 0 radical (unpaired) electrons. The van der Waals surface area contributed by atoms with Gasteiger partial charge in [0.05, 0.1) is 6.21 Å². The zero-order chi connectivity index (χ0) is 14.4. The highest BCUT2D eigenvalue weighted by Crippen LogP contribution is 2.21. The second-order valence-corrected chi connectivity index (χ2v) is 4.64. The number of pyridine rings is 1. The first-order chi connectivity index (χ1) is 9.63. The number of halogens is 1. The number of urea groups is 1. The maximum absolute atomic E-state index is 10.5. The first-order valence-electron chi connectivity index (χ1n) is 5.61. The highest BCUT2D eigenvalue weighted by molar-refractivity contribution is 9.10. The summed E-state index contributed by atoms with van der Waals surface area (Å²) >= 11 is 3.30. The molecule has 0 saturated heterocycles. The van der Waals surface area contributed by atoms with Gasteiger partial charge in [0, 0.05) is 16.7 Å². The van der Waals surface area contributed by atoms with E-state index in [1.165, 1.54) is 6.21 Å². The van der Waals surface area contributed by atoms with Crippen LogP contribution in [0.2, 0.25) is 0 Å². The van der Waals surface area contributed by atoms with E-state index in [1.54, 1.807) is 30.5 Å². The minimum atomic E-state index is -0.715. The van der Waals surface area contributed by atoms with Gasteiger partial charge in [0.2, 0.25) is 5.88 Å². The second kappa shape index (κ2) is 6.67. The van der Waals surface area contributed by atoms with Crippen molar-refractivity contribution < 1.29 is 9.53 Å². The Labute approximate surface area is 123 Å².